The van der Waals surface area contributed by atoms with Crippen LogP contribution in [-0.2, 0) is 21.4 Å². The van der Waals surface area contributed by atoms with Gasteiger partial charge >= 0.3 is 0 Å². The zero-order chi connectivity index (χ0) is 24.9. The molecule has 0 aliphatic carbocycles. The van der Waals surface area contributed by atoms with Crippen LogP contribution in [0, 0.1) is 13.8 Å². The zero-order valence-electron chi connectivity index (χ0n) is 18.7. The molecule has 0 radical (unpaired) electrons. The largest absolute Gasteiger partial charge is 0.326 e. The molecule has 2 aromatic carbocycles. The second-order valence-corrected chi connectivity index (χ2v) is 9.20. The molecule has 1 heterocycles. The maximum absolute atomic E-state index is 12.5. The minimum Gasteiger partial charge on any atom is -0.326 e. The summed E-state index contributed by atoms with van der Waals surface area (Å²) in [5, 5.41) is 2.57. The van der Waals surface area contributed by atoms with Crippen molar-refractivity contribution in [2.24, 2.45) is 0 Å². The van der Waals surface area contributed by atoms with Gasteiger partial charge in [0.2, 0.25) is 21.9 Å². The number of hydrogen-bond acceptors (Lipinski definition) is 7. The third-order valence-corrected chi connectivity index (χ3v) is 6.27. The summed E-state index contributed by atoms with van der Waals surface area (Å²) in [5.74, 6) is -0.608. The lowest BCUT2D eigenvalue weighted by Crippen LogP contribution is -2.31. The number of H-pyrrole nitrogens is 1. The Bertz CT molecular complexity index is 1370. The van der Waals surface area contributed by atoms with Gasteiger partial charge in [0.25, 0.3) is 11.5 Å². The number of aromatic amines is 1. The molecule has 0 bridgehead atoms. The van der Waals surface area contributed by atoms with Gasteiger partial charge in [0.05, 0.1) is 4.90 Å². The van der Waals surface area contributed by atoms with Gasteiger partial charge in [0.15, 0.2) is 0 Å². The molecule has 0 unspecified atom stereocenters. The molecule has 2 amide bonds. The monoisotopic (exact) mass is 484 g/mol. The van der Waals surface area contributed by atoms with Crippen molar-refractivity contribution in [3.8, 4) is 0 Å². The molecule has 0 spiro atoms. The number of benzene rings is 2. The van der Waals surface area contributed by atoms with Crippen molar-refractivity contribution >= 4 is 33.5 Å². The summed E-state index contributed by atoms with van der Waals surface area (Å²) in [7, 11) is -3.77. The van der Waals surface area contributed by atoms with Crippen LogP contribution in [0.3, 0.4) is 0 Å². The topological polar surface area (TPSA) is 162 Å². The molecule has 34 heavy (non-hydrogen) atoms. The van der Waals surface area contributed by atoms with Crippen LogP contribution >= 0.6 is 0 Å². The molecule has 12 heteroatoms. The minimum atomic E-state index is -3.77. The van der Waals surface area contributed by atoms with Crippen molar-refractivity contribution in [2.45, 2.75) is 32.2 Å². The van der Waals surface area contributed by atoms with Crippen molar-refractivity contribution < 1.29 is 18.0 Å². The SMILES string of the molecule is CC(=O)Nc1ccc(S(=O)(=O)NCc2ccc(C(=O)NNc3nc(C)c(C)c(=O)[nH]3)cc2)cc1. The Morgan fingerprint density at radius 3 is 2.24 bits per heavy atom. The molecule has 0 aliphatic rings. The summed E-state index contributed by atoms with van der Waals surface area (Å²) in [4.78, 5) is 41.9. The molecule has 0 saturated heterocycles. The predicted molar refractivity (Wildman–Crippen MR) is 127 cm³/mol. The Kier molecular flexibility index (Phi) is 7.44. The Hall–Kier alpha value is -4.03. The highest BCUT2D eigenvalue weighted by atomic mass is 32.2. The second kappa shape index (κ2) is 10.3. The van der Waals surface area contributed by atoms with Crippen LogP contribution in [-0.4, -0.2) is 30.2 Å². The van der Waals surface area contributed by atoms with E-state index < -0.39 is 15.9 Å². The van der Waals surface area contributed by atoms with Gasteiger partial charge in [-0.25, -0.2) is 18.1 Å². The normalized spacial score (nSPS) is 11.0. The fourth-order valence-electron chi connectivity index (χ4n) is 2.85. The number of nitrogens with one attached hydrogen (secondary N) is 5. The Labute approximate surface area is 196 Å². The number of anilines is 2. The van der Waals surface area contributed by atoms with Crippen molar-refractivity contribution in [1.29, 1.82) is 0 Å². The number of amides is 2. The third kappa shape index (κ3) is 6.27. The van der Waals surface area contributed by atoms with Crippen LogP contribution in [0.5, 0.6) is 0 Å². The summed E-state index contributed by atoms with van der Waals surface area (Å²) in [6.45, 7) is 4.71. The average molecular weight is 485 g/mol. The molecule has 0 aliphatic heterocycles. The number of hydrogen-bond donors (Lipinski definition) is 5. The van der Waals surface area contributed by atoms with Gasteiger partial charge in [-0.15, -0.1) is 0 Å². The summed E-state index contributed by atoms with van der Waals surface area (Å²) < 4.78 is 27.5. The van der Waals surface area contributed by atoms with E-state index in [1.54, 1.807) is 38.1 Å². The van der Waals surface area contributed by atoms with Gasteiger partial charge in [0.1, 0.15) is 0 Å². The first-order chi connectivity index (χ1) is 16.0. The number of nitrogens with zero attached hydrogens (tertiary/aromatic N) is 1. The van der Waals surface area contributed by atoms with Crippen molar-refractivity contribution in [2.75, 3.05) is 10.7 Å². The van der Waals surface area contributed by atoms with Crippen LogP contribution in [0.2, 0.25) is 0 Å². The van der Waals surface area contributed by atoms with Crippen LogP contribution in [0.15, 0.2) is 58.2 Å². The highest BCUT2D eigenvalue weighted by Gasteiger charge is 2.14. The minimum absolute atomic E-state index is 0.0176. The summed E-state index contributed by atoms with van der Waals surface area (Å²) >= 11 is 0. The Morgan fingerprint density at radius 2 is 1.65 bits per heavy atom. The van der Waals surface area contributed by atoms with Crippen LogP contribution < -0.4 is 26.4 Å². The molecule has 1 aromatic heterocycles. The van der Waals surface area contributed by atoms with E-state index in [0.29, 0.717) is 28.1 Å². The second-order valence-electron chi connectivity index (χ2n) is 7.43. The van der Waals surface area contributed by atoms with E-state index in [1.807, 2.05) is 0 Å². The number of carbonyl (C=O) groups is 2. The summed E-state index contributed by atoms with van der Waals surface area (Å²) in [6.07, 6.45) is 0. The molecular weight excluding hydrogens is 460 g/mol. The van der Waals surface area contributed by atoms with E-state index >= 15 is 0 Å². The lowest BCUT2D eigenvalue weighted by atomic mass is 10.1. The number of rotatable bonds is 8. The molecule has 3 rings (SSSR count). The first-order valence-corrected chi connectivity index (χ1v) is 11.6. The molecule has 0 atom stereocenters. The van der Waals surface area contributed by atoms with Gasteiger partial charge in [0, 0.05) is 36.0 Å². The lowest BCUT2D eigenvalue weighted by molar-refractivity contribution is -0.114. The van der Waals surface area contributed by atoms with Crippen molar-refractivity contribution in [3.63, 3.8) is 0 Å². The third-order valence-electron chi connectivity index (χ3n) is 4.86. The Morgan fingerprint density at radius 1 is 1.00 bits per heavy atom. The lowest BCUT2D eigenvalue weighted by Gasteiger charge is -2.10. The van der Waals surface area contributed by atoms with Gasteiger partial charge in [-0.05, 0) is 55.8 Å². The fourth-order valence-corrected chi connectivity index (χ4v) is 3.87. The van der Waals surface area contributed by atoms with Crippen LogP contribution in [0.25, 0.3) is 0 Å². The van der Waals surface area contributed by atoms with E-state index in [2.05, 4.69) is 30.9 Å². The van der Waals surface area contributed by atoms with Crippen LogP contribution in [0.4, 0.5) is 11.6 Å². The van der Waals surface area contributed by atoms with E-state index in [4.69, 9.17) is 0 Å². The smallest absolute Gasteiger partial charge is 0.269 e. The van der Waals surface area contributed by atoms with Crippen LogP contribution in [0.1, 0.15) is 34.1 Å². The van der Waals surface area contributed by atoms with Crippen molar-refractivity contribution in [3.05, 3.63) is 81.3 Å². The number of aromatic nitrogens is 2. The number of hydrazine groups is 1. The summed E-state index contributed by atoms with van der Waals surface area (Å²) in [5.41, 5.74) is 7.18. The van der Waals surface area contributed by atoms with E-state index in [1.165, 1.54) is 31.2 Å². The number of sulfonamides is 1. The maximum atomic E-state index is 12.5. The van der Waals surface area contributed by atoms with Gasteiger partial charge < -0.3 is 5.32 Å². The van der Waals surface area contributed by atoms with E-state index in [0.717, 1.165) is 0 Å². The quantitative estimate of drug-likeness (QED) is 0.303. The number of carbonyl (C=O) groups excluding carboxylic acids is 2. The highest BCUT2D eigenvalue weighted by molar-refractivity contribution is 7.89. The molecular formula is C22H24N6O5S. The summed E-state index contributed by atoms with van der Waals surface area (Å²) in [6, 6.07) is 12.1. The maximum Gasteiger partial charge on any atom is 0.269 e. The molecule has 0 saturated carbocycles. The standard InChI is InChI=1S/C22H24N6O5S/c1-13-14(2)24-22(26-20(13)30)28-27-21(31)17-6-4-16(5-7-17)12-23-34(32,33)19-10-8-18(9-11-19)25-15(3)29/h4-11,23H,12H2,1-3H3,(H,25,29)(H,27,31)(H2,24,26,28,30). The zero-order valence-corrected chi connectivity index (χ0v) is 19.5. The van der Waals surface area contributed by atoms with Gasteiger partial charge in [-0.1, -0.05) is 12.1 Å². The molecule has 178 valence electrons. The van der Waals surface area contributed by atoms with E-state index in [-0.39, 0.29) is 28.9 Å². The predicted octanol–water partition coefficient (Wildman–Crippen LogP) is 1.58. The van der Waals surface area contributed by atoms with E-state index in [9.17, 15) is 22.8 Å². The van der Waals surface area contributed by atoms with Crippen molar-refractivity contribution in [1.82, 2.24) is 20.1 Å². The first-order valence-electron chi connectivity index (χ1n) is 10.2. The molecule has 0 fully saturated rings. The van der Waals surface area contributed by atoms with Gasteiger partial charge in [-0.3, -0.25) is 30.2 Å². The fraction of sp³-hybridized carbons (Fsp3) is 0.182. The average Bonchev–Trinajstić information content (AvgIpc) is 2.80. The molecule has 3 aromatic rings. The molecule has 11 nitrogen and oxygen atoms in total. The molecule has 5 N–H and O–H groups in total. The van der Waals surface area contributed by atoms with Gasteiger partial charge in [-0.2, -0.15) is 0 Å². The number of aryl methyl sites for hydroxylation is 1. The first kappa shape index (κ1) is 24.6. The Balaban J connectivity index is 1.57. The highest BCUT2D eigenvalue weighted by Crippen LogP contribution is 2.15.